The molecular formula is C24H34O2. The minimum atomic E-state index is -0.0696. The normalized spacial score (nSPS) is 12.7. The summed E-state index contributed by atoms with van der Waals surface area (Å²) in [4.78, 5) is 0. The van der Waals surface area contributed by atoms with Gasteiger partial charge in [0.2, 0.25) is 0 Å². The van der Waals surface area contributed by atoms with Crippen molar-refractivity contribution in [3.8, 4) is 11.5 Å². The quantitative estimate of drug-likeness (QED) is 0.649. The summed E-state index contributed by atoms with van der Waals surface area (Å²) < 4.78 is 0. The number of aromatic hydroxyl groups is 2. The number of benzene rings is 2. The Morgan fingerprint density at radius 1 is 0.654 bits per heavy atom. The number of hydrogen-bond acceptors (Lipinski definition) is 2. The van der Waals surface area contributed by atoms with Gasteiger partial charge in [-0.1, -0.05) is 48.5 Å². The summed E-state index contributed by atoms with van der Waals surface area (Å²) in [7, 11) is 0. The van der Waals surface area contributed by atoms with E-state index in [1.807, 2.05) is 24.3 Å². The molecule has 0 aliphatic heterocycles. The summed E-state index contributed by atoms with van der Waals surface area (Å²) in [5.41, 5.74) is 6.97. The van der Waals surface area contributed by atoms with Gasteiger partial charge in [-0.2, -0.15) is 0 Å². The van der Waals surface area contributed by atoms with Crippen LogP contribution in [0.4, 0.5) is 0 Å². The fourth-order valence-electron chi connectivity index (χ4n) is 4.09. The highest BCUT2D eigenvalue weighted by Gasteiger charge is 2.29. The second-order valence-corrected chi connectivity index (χ2v) is 9.67. The van der Waals surface area contributed by atoms with E-state index in [0.717, 1.165) is 11.1 Å². The van der Waals surface area contributed by atoms with E-state index in [4.69, 9.17) is 0 Å². The van der Waals surface area contributed by atoms with Gasteiger partial charge < -0.3 is 10.2 Å². The van der Waals surface area contributed by atoms with Gasteiger partial charge in [0.05, 0.1) is 0 Å². The Hall–Kier alpha value is -1.96. The molecule has 2 N–H and O–H groups in total. The Balaban J connectivity index is 2.82. The molecule has 26 heavy (non-hydrogen) atoms. The van der Waals surface area contributed by atoms with Crippen LogP contribution in [0.5, 0.6) is 11.5 Å². The molecular weight excluding hydrogens is 320 g/mol. The molecule has 0 amide bonds. The summed E-state index contributed by atoms with van der Waals surface area (Å²) in [5.74, 6) is 0.809. The Kier molecular flexibility index (Phi) is 5.20. The molecule has 0 bridgehead atoms. The largest absolute Gasteiger partial charge is 0.508 e. The first-order valence-electron chi connectivity index (χ1n) is 9.41. The third-order valence-corrected chi connectivity index (χ3v) is 5.23. The van der Waals surface area contributed by atoms with E-state index < -0.39 is 0 Å². The van der Waals surface area contributed by atoms with Crippen LogP contribution in [-0.2, 0) is 10.8 Å². The lowest BCUT2D eigenvalue weighted by Crippen LogP contribution is -2.21. The zero-order valence-electron chi connectivity index (χ0n) is 17.8. The Morgan fingerprint density at radius 3 is 1.23 bits per heavy atom. The number of hydrogen-bond donors (Lipinski definition) is 2. The first-order valence-corrected chi connectivity index (χ1v) is 9.41. The molecule has 0 fully saturated rings. The van der Waals surface area contributed by atoms with Crippen LogP contribution in [0.2, 0.25) is 0 Å². The molecule has 0 aliphatic rings. The molecule has 2 rings (SSSR count). The summed E-state index contributed by atoms with van der Waals surface area (Å²) in [6.07, 6.45) is 0. The predicted octanol–water partition coefficient (Wildman–Crippen LogP) is 6.46. The molecule has 2 aromatic carbocycles. The van der Waals surface area contributed by atoms with Crippen LogP contribution in [-0.4, -0.2) is 10.2 Å². The van der Waals surface area contributed by atoms with E-state index in [2.05, 4.69) is 62.3 Å². The zero-order chi connectivity index (χ0) is 20.0. The average molecular weight is 355 g/mol. The van der Waals surface area contributed by atoms with Gasteiger partial charge in [-0.3, -0.25) is 0 Å². The van der Waals surface area contributed by atoms with Crippen LogP contribution in [0.1, 0.15) is 87.8 Å². The second-order valence-electron chi connectivity index (χ2n) is 9.67. The fraction of sp³-hybridized carbons (Fsp3) is 0.500. The molecule has 2 aromatic rings. The Bertz CT molecular complexity index is 748. The maximum absolute atomic E-state index is 10.2. The summed E-state index contributed by atoms with van der Waals surface area (Å²) in [5, 5.41) is 20.4. The standard InChI is InChI=1S/C24H34O2/c1-14-10-17(25)12-19(23(4,5)6)21(14)16(3)22-15(2)11-18(26)13-20(22)24(7,8)9/h10-13,16,25-26H,1-9H3. The van der Waals surface area contributed by atoms with Crippen LogP contribution in [0.15, 0.2) is 24.3 Å². The maximum atomic E-state index is 10.2. The smallest absolute Gasteiger partial charge is 0.116 e. The third-order valence-electron chi connectivity index (χ3n) is 5.23. The minimum absolute atomic E-state index is 0.0696. The van der Waals surface area contributed by atoms with E-state index in [1.165, 1.54) is 22.3 Å². The van der Waals surface area contributed by atoms with E-state index in [9.17, 15) is 10.2 Å². The lowest BCUT2D eigenvalue weighted by molar-refractivity contribution is 0.468. The van der Waals surface area contributed by atoms with Gasteiger partial charge in [-0.25, -0.2) is 0 Å². The predicted molar refractivity (Wildman–Crippen MR) is 111 cm³/mol. The molecule has 142 valence electrons. The SMILES string of the molecule is Cc1cc(O)cc(C(C)(C)C)c1C(C)c1c(C)cc(O)cc1C(C)(C)C. The molecule has 2 heteroatoms. The molecule has 2 nitrogen and oxygen atoms in total. The summed E-state index contributed by atoms with van der Waals surface area (Å²) in [6.45, 7) is 19.5. The monoisotopic (exact) mass is 354 g/mol. The van der Waals surface area contributed by atoms with E-state index in [0.29, 0.717) is 11.5 Å². The number of phenolic OH excluding ortho intramolecular Hbond substituents is 2. The van der Waals surface area contributed by atoms with Crippen LogP contribution in [0, 0.1) is 13.8 Å². The highest BCUT2D eigenvalue weighted by atomic mass is 16.3. The van der Waals surface area contributed by atoms with Crippen molar-refractivity contribution in [3.63, 3.8) is 0 Å². The van der Waals surface area contributed by atoms with Crippen molar-refractivity contribution >= 4 is 0 Å². The second kappa shape index (κ2) is 6.64. The van der Waals surface area contributed by atoms with Gasteiger partial charge >= 0.3 is 0 Å². The van der Waals surface area contributed by atoms with Crippen molar-refractivity contribution in [3.05, 3.63) is 57.6 Å². The minimum Gasteiger partial charge on any atom is -0.508 e. The summed E-state index contributed by atoms with van der Waals surface area (Å²) in [6, 6.07) is 7.53. The lowest BCUT2D eigenvalue weighted by Gasteiger charge is -2.32. The highest BCUT2D eigenvalue weighted by molar-refractivity contribution is 5.54. The molecule has 0 aromatic heterocycles. The van der Waals surface area contributed by atoms with Gasteiger partial charge in [0.1, 0.15) is 11.5 Å². The average Bonchev–Trinajstić information content (AvgIpc) is 2.43. The van der Waals surface area contributed by atoms with E-state index >= 15 is 0 Å². The molecule has 0 heterocycles. The number of phenols is 2. The van der Waals surface area contributed by atoms with Gasteiger partial charge in [0.25, 0.3) is 0 Å². The van der Waals surface area contributed by atoms with Crippen molar-refractivity contribution in [2.45, 2.75) is 79.1 Å². The lowest BCUT2D eigenvalue weighted by atomic mass is 9.72. The van der Waals surface area contributed by atoms with Crippen molar-refractivity contribution < 1.29 is 10.2 Å². The van der Waals surface area contributed by atoms with Crippen molar-refractivity contribution in [1.29, 1.82) is 0 Å². The Labute approximate surface area is 158 Å². The molecule has 0 unspecified atom stereocenters. The fourth-order valence-corrected chi connectivity index (χ4v) is 4.09. The van der Waals surface area contributed by atoms with Crippen LogP contribution in [0.25, 0.3) is 0 Å². The van der Waals surface area contributed by atoms with Gasteiger partial charge in [-0.15, -0.1) is 0 Å². The Morgan fingerprint density at radius 2 is 0.962 bits per heavy atom. The van der Waals surface area contributed by atoms with Gasteiger partial charge in [0.15, 0.2) is 0 Å². The van der Waals surface area contributed by atoms with E-state index in [-0.39, 0.29) is 16.7 Å². The maximum Gasteiger partial charge on any atom is 0.116 e. The van der Waals surface area contributed by atoms with Crippen molar-refractivity contribution in [2.75, 3.05) is 0 Å². The molecule has 0 atom stereocenters. The summed E-state index contributed by atoms with van der Waals surface area (Å²) >= 11 is 0. The van der Waals surface area contributed by atoms with E-state index in [1.54, 1.807) is 0 Å². The molecule has 0 saturated heterocycles. The van der Waals surface area contributed by atoms with Crippen LogP contribution in [0.3, 0.4) is 0 Å². The first kappa shape index (κ1) is 20.4. The topological polar surface area (TPSA) is 40.5 Å². The molecule has 0 spiro atoms. The zero-order valence-corrected chi connectivity index (χ0v) is 17.8. The van der Waals surface area contributed by atoms with Crippen molar-refractivity contribution in [1.82, 2.24) is 0 Å². The van der Waals surface area contributed by atoms with Crippen LogP contribution >= 0.6 is 0 Å². The number of rotatable bonds is 2. The van der Waals surface area contributed by atoms with Gasteiger partial charge in [0, 0.05) is 5.92 Å². The highest BCUT2D eigenvalue weighted by Crippen LogP contribution is 2.43. The molecule has 0 radical (unpaired) electrons. The molecule has 0 aliphatic carbocycles. The van der Waals surface area contributed by atoms with Crippen LogP contribution < -0.4 is 0 Å². The first-order chi connectivity index (χ1) is 11.7. The van der Waals surface area contributed by atoms with Gasteiger partial charge in [-0.05, 0) is 82.3 Å². The molecule has 0 saturated carbocycles. The third kappa shape index (κ3) is 3.90. The number of aryl methyl sites for hydroxylation is 2. The van der Waals surface area contributed by atoms with Crippen molar-refractivity contribution in [2.24, 2.45) is 0 Å².